The number of methoxy groups -OCH3 is 1. The van der Waals surface area contributed by atoms with Crippen molar-refractivity contribution >= 4 is 23.6 Å². The van der Waals surface area contributed by atoms with Crippen molar-refractivity contribution in [3.05, 3.63) is 40.7 Å². The van der Waals surface area contributed by atoms with E-state index in [1.165, 1.54) is 37.5 Å². The molecule has 0 fully saturated rings. The highest BCUT2D eigenvalue weighted by atomic mass is 35.5. The summed E-state index contributed by atoms with van der Waals surface area (Å²) in [5, 5.41) is 11.8. The van der Waals surface area contributed by atoms with E-state index in [0.29, 0.717) is 5.56 Å². The Bertz CT molecular complexity index is 465. The molecule has 1 aromatic carbocycles. The average molecular weight is 288 g/mol. The molecule has 6 heteroatoms. The van der Waals surface area contributed by atoms with E-state index in [1.807, 2.05) is 0 Å². The molecule has 2 N–H and O–H groups in total. The Morgan fingerprint density at radius 3 is 3.00 bits per heavy atom. The van der Waals surface area contributed by atoms with Gasteiger partial charge in [0.15, 0.2) is 0 Å². The summed E-state index contributed by atoms with van der Waals surface area (Å²) >= 11 is 5.61. The van der Waals surface area contributed by atoms with Crippen LogP contribution in [-0.4, -0.2) is 37.4 Å². The minimum Gasteiger partial charge on any atom is -0.389 e. The number of ether oxygens (including phenoxy) is 1. The molecule has 0 aromatic heterocycles. The molecule has 0 bridgehead atoms. The Labute approximate surface area is 115 Å². The molecule has 1 unspecified atom stereocenters. The molecule has 1 atom stereocenters. The van der Waals surface area contributed by atoms with Crippen LogP contribution in [0.2, 0.25) is 5.02 Å². The Morgan fingerprint density at radius 2 is 2.37 bits per heavy atom. The number of nitrogens with one attached hydrogen (secondary N) is 1. The maximum Gasteiger partial charge on any atom is 0.244 e. The monoisotopic (exact) mass is 287 g/mol. The summed E-state index contributed by atoms with van der Waals surface area (Å²) in [6.07, 6.45) is 2.04. The lowest BCUT2D eigenvalue weighted by Crippen LogP contribution is -2.33. The SMILES string of the molecule is COCC(O)CNC(=O)C=Cc1ccc(F)c(Cl)c1. The maximum atomic E-state index is 12.9. The van der Waals surface area contributed by atoms with E-state index in [-0.39, 0.29) is 24.1 Å². The lowest BCUT2D eigenvalue weighted by atomic mass is 10.2. The van der Waals surface area contributed by atoms with E-state index in [1.54, 1.807) is 0 Å². The fourth-order valence-corrected chi connectivity index (χ4v) is 1.51. The van der Waals surface area contributed by atoms with Crippen LogP contribution >= 0.6 is 11.6 Å². The summed E-state index contributed by atoms with van der Waals surface area (Å²) in [7, 11) is 1.46. The first kappa shape index (κ1) is 15.6. The lowest BCUT2D eigenvalue weighted by molar-refractivity contribution is -0.117. The quantitative estimate of drug-likeness (QED) is 0.782. The lowest BCUT2D eigenvalue weighted by Gasteiger charge is -2.09. The molecule has 1 aromatic rings. The van der Waals surface area contributed by atoms with E-state index in [2.05, 4.69) is 5.32 Å². The molecule has 19 heavy (non-hydrogen) atoms. The van der Waals surface area contributed by atoms with Crippen molar-refractivity contribution in [1.82, 2.24) is 5.32 Å². The molecule has 4 nitrogen and oxygen atoms in total. The Kier molecular flexibility index (Phi) is 6.49. The third-order valence-corrected chi connectivity index (χ3v) is 2.53. The van der Waals surface area contributed by atoms with Gasteiger partial charge in [0.05, 0.1) is 17.7 Å². The molecule has 0 spiro atoms. The Balaban J connectivity index is 2.47. The maximum absolute atomic E-state index is 12.9. The molecule has 0 saturated heterocycles. The van der Waals surface area contributed by atoms with Gasteiger partial charge in [0.1, 0.15) is 5.82 Å². The standard InChI is InChI=1S/C13H15ClFNO3/c1-19-8-10(17)7-16-13(18)5-3-9-2-4-12(15)11(14)6-9/h2-6,10,17H,7-8H2,1H3,(H,16,18). The van der Waals surface area contributed by atoms with E-state index < -0.39 is 11.9 Å². The number of carbonyl (C=O) groups excluding carboxylic acids is 1. The van der Waals surface area contributed by atoms with Gasteiger partial charge in [-0.25, -0.2) is 4.39 Å². The van der Waals surface area contributed by atoms with Gasteiger partial charge in [-0.15, -0.1) is 0 Å². The number of halogens is 2. The highest BCUT2D eigenvalue weighted by Gasteiger charge is 2.04. The first-order chi connectivity index (χ1) is 9.02. The minimum absolute atomic E-state index is 0.00178. The van der Waals surface area contributed by atoms with Crippen LogP contribution in [0.3, 0.4) is 0 Å². The summed E-state index contributed by atoms with van der Waals surface area (Å²) < 4.78 is 17.6. The molecular weight excluding hydrogens is 273 g/mol. The molecular formula is C13H15ClFNO3. The van der Waals surface area contributed by atoms with E-state index in [0.717, 1.165) is 0 Å². The first-order valence-electron chi connectivity index (χ1n) is 5.61. The fraction of sp³-hybridized carbons (Fsp3) is 0.308. The van der Waals surface area contributed by atoms with Gasteiger partial charge in [-0.1, -0.05) is 17.7 Å². The van der Waals surface area contributed by atoms with Crippen molar-refractivity contribution in [2.24, 2.45) is 0 Å². The predicted molar refractivity (Wildman–Crippen MR) is 71.3 cm³/mol. The minimum atomic E-state index is -0.748. The summed E-state index contributed by atoms with van der Waals surface area (Å²) in [5.41, 5.74) is 0.610. The van der Waals surface area contributed by atoms with Crippen molar-refractivity contribution in [2.75, 3.05) is 20.3 Å². The van der Waals surface area contributed by atoms with E-state index >= 15 is 0 Å². The number of aliphatic hydroxyl groups is 1. The molecule has 0 saturated carbocycles. The first-order valence-corrected chi connectivity index (χ1v) is 5.98. The molecule has 1 amide bonds. The van der Waals surface area contributed by atoms with Gasteiger partial charge in [0, 0.05) is 19.7 Å². The van der Waals surface area contributed by atoms with Crippen LogP contribution in [-0.2, 0) is 9.53 Å². The van der Waals surface area contributed by atoms with Crippen LogP contribution in [0.4, 0.5) is 4.39 Å². The second-order valence-corrected chi connectivity index (χ2v) is 4.27. The third-order valence-electron chi connectivity index (χ3n) is 2.24. The second kappa shape index (κ2) is 7.89. The molecule has 0 aliphatic rings. The van der Waals surface area contributed by atoms with Gasteiger partial charge < -0.3 is 15.2 Å². The predicted octanol–water partition coefficient (Wildman–Crippen LogP) is 1.62. The van der Waals surface area contributed by atoms with Gasteiger partial charge in [-0.2, -0.15) is 0 Å². The van der Waals surface area contributed by atoms with Gasteiger partial charge in [-0.3, -0.25) is 4.79 Å². The van der Waals surface area contributed by atoms with Crippen molar-refractivity contribution in [2.45, 2.75) is 6.10 Å². The van der Waals surface area contributed by atoms with E-state index in [4.69, 9.17) is 16.3 Å². The van der Waals surface area contributed by atoms with Crippen molar-refractivity contribution in [3.63, 3.8) is 0 Å². The highest BCUT2D eigenvalue weighted by molar-refractivity contribution is 6.30. The van der Waals surface area contributed by atoms with Crippen molar-refractivity contribution in [1.29, 1.82) is 0 Å². The van der Waals surface area contributed by atoms with Gasteiger partial charge in [-0.05, 0) is 23.8 Å². The summed E-state index contributed by atoms with van der Waals surface area (Å²) in [5.74, 6) is -0.874. The van der Waals surface area contributed by atoms with Crippen LogP contribution in [0.15, 0.2) is 24.3 Å². The zero-order chi connectivity index (χ0) is 14.3. The number of amides is 1. The number of benzene rings is 1. The zero-order valence-electron chi connectivity index (χ0n) is 10.4. The van der Waals surface area contributed by atoms with Crippen LogP contribution in [0.25, 0.3) is 6.08 Å². The van der Waals surface area contributed by atoms with Crippen molar-refractivity contribution in [3.8, 4) is 0 Å². The van der Waals surface area contributed by atoms with Gasteiger partial charge in [0.2, 0.25) is 5.91 Å². The molecule has 1 rings (SSSR count). The van der Waals surface area contributed by atoms with Crippen molar-refractivity contribution < 1.29 is 19.0 Å². The average Bonchev–Trinajstić information content (AvgIpc) is 2.38. The fourth-order valence-electron chi connectivity index (χ4n) is 1.32. The van der Waals surface area contributed by atoms with Crippen LogP contribution in [0.5, 0.6) is 0 Å². The summed E-state index contributed by atoms with van der Waals surface area (Å²) in [6.45, 7) is 0.249. The molecule has 0 aliphatic heterocycles. The Hall–Kier alpha value is -1.43. The molecule has 0 heterocycles. The number of hydrogen-bond acceptors (Lipinski definition) is 3. The molecule has 0 aliphatic carbocycles. The van der Waals surface area contributed by atoms with Crippen LogP contribution in [0.1, 0.15) is 5.56 Å². The smallest absolute Gasteiger partial charge is 0.244 e. The van der Waals surface area contributed by atoms with Gasteiger partial charge >= 0.3 is 0 Å². The largest absolute Gasteiger partial charge is 0.389 e. The Morgan fingerprint density at radius 1 is 1.63 bits per heavy atom. The number of carbonyl (C=O) groups is 1. The molecule has 104 valence electrons. The zero-order valence-corrected chi connectivity index (χ0v) is 11.2. The van der Waals surface area contributed by atoms with Crippen LogP contribution < -0.4 is 5.32 Å². The summed E-state index contributed by atoms with van der Waals surface area (Å²) in [6, 6.07) is 4.15. The van der Waals surface area contributed by atoms with E-state index in [9.17, 15) is 14.3 Å². The highest BCUT2D eigenvalue weighted by Crippen LogP contribution is 2.16. The van der Waals surface area contributed by atoms with Gasteiger partial charge in [0.25, 0.3) is 0 Å². The number of hydrogen-bond donors (Lipinski definition) is 2. The number of aliphatic hydroxyl groups excluding tert-OH is 1. The van der Waals surface area contributed by atoms with Crippen LogP contribution in [0, 0.1) is 5.82 Å². The second-order valence-electron chi connectivity index (χ2n) is 3.86. The number of rotatable bonds is 6. The topological polar surface area (TPSA) is 58.6 Å². The third kappa shape index (κ3) is 5.83. The normalized spacial score (nSPS) is 12.6. The summed E-state index contributed by atoms with van der Waals surface area (Å²) in [4.78, 5) is 11.4. The molecule has 0 radical (unpaired) electrons.